The summed E-state index contributed by atoms with van der Waals surface area (Å²) >= 11 is 6.37. The summed E-state index contributed by atoms with van der Waals surface area (Å²) in [5.74, 6) is -0.349. The molecule has 2 aromatic carbocycles. The number of allylic oxidation sites excluding steroid dienone is 1. The molecule has 0 fully saturated rings. The Labute approximate surface area is 177 Å². The van der Waals surface area contributed by atoms with Crippen molar-refractivity contribution in [3.05, 3.63) is 88.2 Å². The van der Waals surface area contributed by atoms with Gasteiger partial charge in [-0.2, -0.15) is 0 Å². The summed E-state index contributed by atoms with van der Waals surface area (Å²) in [6.07, 6.45) is 5.93. The molecule has 0 spiro atoms. The number of benzene rings is 2. The van der Waals surface area contributed by atoms with Crippen molar-refractivity contribution in [2.24, 2.45) is 0 Å². The average Bonchev–Trinajstić information content (AvgIpc) is 2.64. The number of dihydropyridines is 1. The van der Waals surface area contributed by atoms with E-state index in [0.717, 1.165) is 16.8 Å². The summed E-state index contributed by atoms with van der Waals surface area (Å²) in [5.41, 5.74) is 3.07. The second kappa shape index (κ2) is 7.96. The van der Waals surface area contributed by atoms with Crippen molar-refractivity contribution in [2.75, 3.05) is 5.32 Å². The molecule has 1 aliphatic rings. The van der Waals surface area contributed by atoms with E-state index in [9.17, 15) is 4.79 Å². The predicted octanol–water partition coefficient (Wildman–Crippen LogP) is 5.93. The van der Waals surface area contributed by atoms with Crippen molar-refractivity contribution >= 4 is 23.3 Å². The molecule has 0 aromatic heterocycles. The topological polar surface area (TPSA) is 50.4 Å². The van der Waals surface area contributed by atoms with Gasteiger partial charge in [0.1, 0.15) is 5.60 Å². The fourth-order valence-corrected chi connectivity index (χ4v) is 3.46. The van der Waals surface area contributed by atoms with Gasteiger partial charge in [-0.15, -0.1) is 0 Å². The average molecular weight is 411 g/mol. The Bertz CT molecular complexity index is 989. The normalized spacial score (nSPS) is 18.6. The number of carbonyl (C=O) groups is 1. The maximum absolute atomic E-state index is 12.7. The summed E-state index contributed by atoms with van der Waals surface area (Å²) in [5, 5.41) is 7.45. The Hall–Kier alpha value is -2.72. The second-order valence-corrected chi connectivity index (χ2v) is 8.84. The third kappa shape index (κ3) is 5.01. The van der Waals surface area contributed by atoms with Crippen LogP contribution in [0.25, 0.3) is 0 Å². The number of aryl methyl sites for hydroxylation is 1. The minimum absolute atomic E-state index is 0.349. The number of nitrogens with one attached hydrogen (secondary N) is 2. The first-order valence-corrected chi connectivity index (χ1v) is 9.98. The van der Waals surface area contributed by atoms with Gasteiger partial charge >= 0.3 is 5.97 Å². The Morgan fingerprint density at radius 2 is 1.90 bits per heavy atom. The number of esters is 1. The van der Waals surface area contributed by atoms with Gasteiger partial charge in [-0.1, -0.05) is 47.5 Å². The fraction of sp³-hybridized carbons (Fsp3) is 0.292. The fourth-order valence-electron chi connectivity index (χ4n) is 3.13. The van der Waals surface area contributed by atoms with Crippen molar-refractivity contribution < 1.29 is 9.53 Å². The quantitative estimate of drug-likeness (QED) is 0.613. The SMILES string of the molecule is Cc1ccc(NC2=CNC(C)(c3ccccc3Cl)C=C2)c(C(=O)OC(C)(C)C)c1. The number of anilines is 1. The van der Waals surface area contributed by atoms with E-state index in [1.54, 1.807) is 0 Å². The van der Waals surface area contributed by atoms with E-state index in [4.69, 9.17) is 16.3 Å². The molecule has 3 rings (SSSR count). The molecule has 1 unspecified atom stereocenters. The first-order valence-electron chi connectivity index (χ1n) is 9.60. The first-order chi connectivity index (χ1) is 13.6. The number of rotatable bonds is 4. The Kier molecular flexibility index (Phi) is 5.76. The molecular formula is C24H27ClN2O2. The van der Waals surface area contributed by atoms with Crippen molar-refractivity contribution in [2.45, 2.75) is 45.8 Å². The van der Waals surface area contributed by atoms with Crippen LogP contribution in [-0.2, 0) is 10.3 Å². The molecule has 4 nitrogen and oxygen atoms in total. The number of carbonyl (C=O) groups excluding carboxylic acids is 1. The highest BCUT2D eigenvalue weighted by Crippen LogP contribution is 2.32. The molecular weight excluding hydrogens is 384 g/mol. The summed E-state index contributed by atoms with van der Waals surface area (Å²) in [7, 11) is 0. The molecule has 1 atom stereocenters. The van der Waals surface area contributed by atoms with E-state index in [1.165, 1.54) is 0 Å². The lowest BCUT2D eigenvalue weighted by atomic mass is 9.90. The molecule has 2 aromatic rings. The molecule has 0 bridgehead atoms. The van der Waals surface area contributed by atoms with Crippen LogP contribution in [0.15, 0.2) is 66.5 Å². The van der Waals surface area contributed by atoms with E-state index in [0.29, 0.717) is 16.3 Å². The lowest BCUT2D eigenvalue weighted by molar-refractivity contribution is 0.00706. The zero-order valence-corrected chi connectivity index (χ0v) is 18.2. The van der Waals surface area contributed by atoms with Crippen LogP contribution >= 0.6 is 11.6 Å². The van der Waals surface area contributed by atoms with Crippen LogP contribution in [0.2, 0.25) is 5.02 Å². The molecule has 152 valence electrons. The third-order valence-corrected chi connectivity index (χ3v) is 4.96. The highest BCUT2D eigenvalue weighted by atomic mass is 35.5. The molecule has 0 aliphatic carbocycles. The largest absolute Gasteiger partial charge is 0.456 e. The molecule has 0 saturated heterocycles. The van der Waals surface area contributed by atoms with Crippen LogP contribution in [-0.4, -0.2) is 11.6 Å². The molecule has 5 heteroatoms. The van der Waals surface area contributed by atoms with Crippen LogP contribution in [0.1, 0.15) is 49.2 Å². The third-order valence-electron chi connectivity index (χ3n) is 4.63. The molecule has 29 heavy (non-hydrogen) atoms. The van der Waals surface area contributed by atoms with E-state index in [1.807, 2.05) is 82.4 Å². The summed E-state index contributed by atoms with van der Waals surface area (Å²) < 4.78 is 5.57. The monoisotopic (exact) mass is 410 g/mol. The maximum atomic E-state index is 12.7. The minimum atomic E-state index is -0.555. The zero-order chi connectivity index (χ0) is 21.2. The lowest BCUT2D eigenvalue weighted by Gasteiger charge is -2.31. The van der Waals surface area contributed by atoms with Crippen LogP contribution in [0.3, 0.4) is 0 Å². The summed E-state index contributed by atoms with van der Waals surface area (Å²) in [6.45, 7) is 9.60. The second-order valence-electron chi connectivity index (χ2n) is 8.44. The van der Waals surface area contributed by atoms with E-state index in [2.05, 4.69) is 23.6 Å². The van der Waals surface area contributed by atoms with Crippen molar-refractivity contribution in [1.82, 2.24) is 5.32 Å². The zero-order valence-electron chi connectivity index (χ0n) is 17.5. The predicted molar refractivity (Wildman–Crippen MR) is 119 cm³/mol. The van der Waals surface area contributed by atoms with E-state index in [-0.39, 0.29) is 5.97 Å². The van der Waals surface area contributed by atoms with Crippen LogP contribution in [0.4, 0.5) is 5.69 Å². The van der Waals surface area contributed by atoms with Crippen molar-refractivity contribution in [3.63, 3.8) is 0 Å². The molecule has 0 radical (unpaired) electrons. The molecule has 0 amide bonds. The van der Waals surface area contributed by atoms with Gasteiger partial charge in [-0.25, -0.2) is 4.79 Å². The van der Waals surface area contributed by atoms with Gasteiger partial charge in [0.05, 0.1) is 22.5 Å². The first kappa shape index (κ1) is 21.0. The molecule has 2 N–H and O–H groups in total. The number of hydrogen-bond acceptors (Lipinski definition) is 4. The highest BCUT2D eigenvalue weighted by molar-refractivity contribution is 6.31. The number of ether oxygens (including phenoxy) is 1. The standard InChI is InChI=1S/C24H27ClN2O2/c1-16-10-11-21(18(14-16)22(28)29-23(2,3)4)27-17-12-13-24(5,26-15-17)19-8-6-7-9-20(19)25/h6-15,26-27H,1-5H3. The van der Waals surface area contributed by atoms with Crippen molar-refractivity contribution in [1.29, 1.82) is 0 Å². The maximum Gasteiger partial charge on any atom is 0.340 e. The van der Waals surface area contributed by atoms with Crippen LogP contribution < -0.4 is 10.6 Å². The Morgan fingerprint density at radius 3 is 2.52 bits per heavy atom. The van der Waals surface area contributed by atoms with E-state index >= 15 is 0 Å². The van der Waals surface area contributed by atoms with Gasteiger partial charge in [-0.05, 0) is 64.5 Å². The molecule has 0 saturated carbocycles. The highest BCUT2D eigenvalue weighted by Gasteiger charge is 2.27. The van der Waals surface area contributed by atoms with Crippen LogP contribution in [0, 0.1) is 6.92 Å². The summed E-state index contributed by atoms with van der Waals surface area (Å²) in [4.78, 5) is 12.7. The molecule has 1 aliphatic heterocycles. The lowest BCUT2D eigenvalue weighted by Crippen LogP contribution is -2.36. The van der Waals surface area contributed by atoms with Gasteiger partial charge in [0.25, 0.3) is 0 Å². The smallest absolute Gasteiger partial charge is 0.340 e. The van der Waals surface area contributed by atoms with Crippen molar-refractivity contribution in [3.8, 4) is 0 Å². The van der Waals surface area contributed by atoms with E-state index < -0.39 is 11.1 Å². The number of hydrogen-bond donors (Lipinski definition) is 2. The minimum Gasteiger partial charge on any atom is -0.456 e. The number of halogens is 1. The van der Waals surface area contributed by atoms with Gasteiger partial charge in [0, 0.05) is 11.2 Å². The van der Waals surface area contributed by atoms with Gasteiger partial charge in [0.2, 0.25) is 0 Å². The van der Waals surface area contributed by atoms with Gasteiger partial charge < -0.3 is 15.4 Å². The Morgan fingerprint density at radius 1 is 1.17 bits per heavy atom. The Balaban J connectivity index is 1.82. The molecule has 1 heterocycles. The van der Waals surface area contributed by atoms with Gasteiger partial charge in [-0.3, -0.25) is 0 Å². The summed E-state index contributed by atoms with van der Waals surface area (Å²) in [6, 6.07) is 13.5. The van der Waals surface area contributed by atoms with Crippen LogP contribution in [0.5, 0.6) is 0 Å². The van der Waals surface area contributed by atoms with Gasteiger partial charge in [0.15, 0.2) is 0 Å².